The van der Waals surface area contributed by atoms with Gasteiger partial charge in [-0.05, 0) is 29.8 Å². The average Bonchev–Trinajstić information content (AvgIpc) is 2.55. The summed E-state index contributed by atoms with van der Waals surface area (Å²) in [4.78, 5) is 0. The molecule has 2 aromatic rings. The first-order chi connectivity index (χ1) is 11.0. The highest BCUT2D eigenvalue weighted by Gasteiger charge is 2.20. The summed E-state index contributed by atoms with van der Waals surface area (Å²) in [5.41, 5.74) is 0.942. The Morgan fingerprint density at radius 2 is 1.70 bits per heavy atom. The molecule has 0 fully saturated rings. The molecule has 124 valence electrons. The number of sulfonamides is 1. The zero-order valence-corrected chi connectivity index (χ0v) is 13.8. The Labute approximate surface area is 136 Å². The van der Waals surface area contributed by atoms with Crippen molar-refractivity contribution in [3.05, 3.63) is 66.0 Å². The highest BCUT2D eigenvalue weighted by atomic mass is 32.2. The second-order valence-electron chi connectivity index (χ2n) is 5.03. The van der Waals surface area contributed by atoms with Crippen LogP contribution in [-0.2, 0) is 16.6 Å². The minimum atomic E-state index is -3.41. The van der Waals surface area contributed by atoms with E-state index in [1.807, 2.05) is 30.3 Å². The Bertz CT molecular complexity index is 702. The van der Waals surface area contributed by atoms with E-state index in [0.717, 1.165) is 5.56 Å². The Kier molecular flexibility index (Phi) is 6.12. The monoisotopic (exact) mass is 337 g/mol. The minimum Gasteiger partial charge on any atom is -0.492 e. The van der Waals surface area contributed by atoms with E-state index in [9.17, 15) is 12.8 Å². The lowest BCUT2D eigenvalue weighted by Gasteiger charge is -2.20. The summed E-state index contributed by atoms with van der Waals surface area (Å²) in [6, 6.07) is 15.0. The number of hydrogen-bond donors (Lipinski definition) is 0. The highest BCUT2D eigenvalue weighted by Crippen LogP contribution is 2.13. The SMILES string of the molecule is CCN(Cc1ccccc1)S(=O)(=O)CCOc1ccc(F)cc1. The van der Waals surface area contributed by atoms with E-state index >= 15 is 0 Å². The summed E-state index contributed by atoms with van der Waals surface area (Å²) < 4.78 is 44.4. The van der Waals surface area contributed by atoms with Gasteiger partial charge in [0.1, 0.15) is 18.2 Å². The standard InChI is InChI=1S/C17H20FNO3S/c1-2-19(14-15-6-4-3-5-7-15)23(20,21)13-12-22-17-10-8-16(18)9-11-17/h3-11H,2,12-14H2,1H3. The molecule has 0 N–H and O–H groups in total. The van der Waals surface area contributed by atoms with Gasteiger partial charge in [-0.15, -0.1) is 0 Å². The molecule has 2 aromatic carbocycles. The number of rotatable bonds is 8. The maximum atomic E-state index is 12.8. The van der Waals surface area contributed by atoms with Crippen molar-refractivity contribution in [2.75, 3.05) is 18.9 Å². The summed E-state index contributed by atoms with van der Waals surface area (Å²) in [5, 5.41) is 0. The lowest BCUT2D eigenvalue weighted by atomic mass is 10.2. The van der Waals surface area contributed by atoms with Gasteiger partial charge in [0, 0.05) is 13.1 Å². The molecule has 0 aliphatic heterocycles. The van der Waals surface area contributed by atoms with Crippen LogP contribution in [0.5, 0.6) is 5.75 Å². The van der Waals surface area contributed by atoms with Gasteiger partial charge in [0.2, 0.25) is 10.0 Å². The topological polar surface area (TPSA) is 46.6 Å². The van der Waals surface area contributed by atoms with Gasteiger partial charge in [-0.1, -0.05) is 37.3 Å². The van der Waals surface area contributed by atoms with E-state index in [4.69, 9.17) is 4.74 Å². The number of hydrogen-bond acceptors (Lipinski definition) is 3. The molecule has 6 heteroatoms. The summed E-state index contributed by atoms with van der Waals surface area (Å²) >= 11 is 0. The lowest BCUT2D eigenvalue weighted by molar-refractivity contribution is 0.333. The first-order valence-corrected chi connectivity index (χ1v) is 9.02. The zero-order chi connectivity index (χ0) is 16.7. The van der Waals surface area contributed by atoms with E-state index in [1.54, 1.807) is 6.92 Å². The molecular weight excluding hydrogens is 317 g/mol. The van der Waals surface area contributed by atoms with Crippen molar-refractivity contribution < 1.29 is 17.5 Å². The van der Waals surface area contributed by atoms with Crippen LogP contribution in [0.25, 0.3) is 0 Å². The number of halogens is 1. The maximum absolute atomic E-state index is 12.8. The second-order valence-corrected chi connectivity index (χ2v) is 7.12. The van der Waals surface area contributed by atoms with Crippen molar-refractivity contribution in [2.24, 2.45) is 0 Å². The molecule has 0 aliphatic rings. The largest absolute Gasteiger partial charge is 0.492 e. The third kappa shape index (κ3) is 5.33. The molecule has 0 unspecified atom stereocenters. The molecule has 0 amide bonds. The average molecular weight is 337 g/mol. The lowest BCUT2D eigenvalue weighted by Crippen LogP contribution is -2.34. The molecule has 0 saturated carbocycles. The molecule has 0 saturated heterocycles. The molecular formula is C17H20FNO3S. The van der Waals surface area contributed by atoms with Crippen LogP contribution >= 0.6 is 0 Å². The predicted octanol–water partition coefficient (Wildman–Crippen LogP) is 3.06. The third-order valence-electron chi connectivity index (χ3n) is 3.37. The summed E-state index contributed by atoms with van der Waals surface area (Å²) in [7, 11) is -3.41. The smallest absolute Gasteiger partial charge is 0.217 e. The van der Waals surface area contributed by atoms with Crippen molar-refractivity contribution in [3.8, 4) is 5.75 Å². The summed E-state index contributed by atoms with van der Waals surface area (Å²) in [6.07, 6.45) is 0. The molecule has 23 heavy (non-hydrogen) atoms. The van der Waals surface area contributed by atoms with Crippen molar-refractivity contribution in [1.82, 2.24) is 4.31 Å². The predicted molar refractivity (Wildman–Crippen MR) is 88.2 cm³/mol. The van der Waals surface area contributed by atoms with Gasteiger partial charge in [-0.25, -0.2) is 12.8 Å². The Morgan fingerprint density at radius 3 is 2.30 bits per heavy atom. The fourth-order valence-electron chi connectivity index (χ4n) is 2.12. The third-order valence-corrected chi connectivity index (χ3v) is 5.23. The van der Waals surface area contributed by atoms with Gasteiger partial charge in [0.05, 0.1) is 5.75 Å². The molecule has 0 heterocycles. The highest BCUT2D eigenvalue weighted by molar-refractivity contribution is 7.89. The molecule has 0 aliphatic carbocycles. The van der Waals surface area contributed by atoms with Gasteiger partial charge in [0.15, 0.2) is 0 Å². The van der Waals surface area contributed by atoms with E-state index in [-0.39, 0.29) is 18.2 Å². The Balaban J connectivity index is 1.92. The van der Waals surface area contributed by atoms with Crippen LogP contribution < -0.4 is 4.74 Å². The van der Waals surface area contributed by atoms with E-state index < -0.39 is 10.0 Å². The zero-order valence-electron chi connectivity index (χ0n) is 13.0. The Morgan fingerprint density at radius 1 is 1.04 bits per heavy atom. The van der Waals surface area contributed by atoms with Crippen molar-refractivity contribution in [2.45, 2.75) is 13.5 Å². The van der Waals surface area contributed by atoms with Crippen LogP contribution in [0.3, 0.4) is 0 Å². The van der Waals surface area contributed by atoms with Crippen LogP contribution in [0.15, 0.2) is 54.6 Å². The van der Waals surface area contributed by atoms with Crippen molar-refractivity contribution in [1.29, 1.82) is 0 Å². The van der Waals surface area contributed by atoms with E-state index in [0.29, 0.717) is 18.8 Å². The maximum Gasteiger partial charge on any atom is 0.217 e. The van der Waals surface area contributed by atoms with Crippen LogP contribution in [0.2, 0.25) is 0 Å². The second kappa shape index (κ2) is 8.08. The molecule has 0 aromatic heterocycles. The van der Waals surface area contributed by atoms with E-state index in [1.165, 1.54) is 28.6 Å². The van der Waals surface area contributed by atoms with Gasteiger partial charge < -0.3 is 4.74 Å². The van der Waals surface area contributed by atoms with Gasteiger partial charge in [-0.3, -0.25) is 0 Å². The van der Waals surface area contributed by atoms with Gasteiger partial charge in [0.25, 0.3) is 0 Å². The van der Waals surface area contributed by atoms with E-state index in [2.05, 4.69) is 0 Å². The van der Waals surface area contributed by atoms with Crippen molar-refractivity contribution in [3.63, 3.8) is 0 Å². The Hall–Kier alpha value is -1.92. The molecule has 0 bridgehead atoms. The fourth-order valence-corrected chi connectivity index (χ4v) is 3.41. The molecule has 0 spiro atoms. The van der Waals surface area contributed by atoms with Crippen LogP contribution in [0.4, 0.5) is 4.39 Å². The first kappa shape index (κ1) is 17.4. The van der Waals surface area contributed by atoms with Crippen LogP contribution in [-0.4, -0.2) is 31.6 Å². The van der Waals surface area contributed by atoms with Gasteiger partial charge in [-0.2, -0.15) is 4.31 Å². The molecule has 4 nitrogen and oxygen atoms in total. The molecule has 2 rings (SSSR count). The summed E-state index contributed by atoms with van der Waals surface area (Å²) in [6.45, 7) is 2.57. The fraction of sp³-hybridized carbons (Fsp3) is 0.294. The van der Waals surface area contributed by atoms with Crippen LogP contribution in [0.1, 0.15) is 12.5 Å². The quantitative estimate of drug-likeness (QED) is 0.744. The number of benzene rings is 2. The molecule has 0 radical (unpaired) electrons. The minimum absolute atomic E-state index is 0.0270. The first-order valence-electron chi connectivity index (χ1n) is 7.41. The van der Waals surface area contributed by atoms with Gasteiger partial charge >= 0.3 is 0 Å². The normalized spacial score (nSPS) is 11.6. The summed E-state index contributed by atoms with van der Waals surface area (Å²) in [5.74, 6) is -0.0249. The number of ether oxygens (including phenoxy) is 1. The van der Waals surface area contributed by atoms with Crippen molar-refractivity contribution >= 4 is 10.0 Å². The molecule has 0 atom stereocenters. The number of nitrogens with zero attached hydrogens (tertiary/aromatic N) is 1. The van der Waals surface area contributed by atoms with Crippen LogP contribution in [0, 0.1) is 5.82 Å².